The molecule has 1 aliphatic carbocycles. The van der Waals surface area contributed by atoms with Gasteiger partial charge in [0, 0.05) is 41.7 Å². The summed E-state index contributed by atoms with van der Waals surface area (Å²) in [5.41, 5.74) is 1.94. The number of nitrogens with one attached hydrogen (secondary N) is 3. The molecule has 2 aromatic rings. The number of carbonyl (C=O) groups excluding carboxylic acids is 1. The molecule has 0 unspecified atom stereocenters. The monoisotopic (exact) mass is 385 g/mol. The van der Waals surface area contributed by atoms with E-state index >= 15 is 0 Å². The molecule has 1 aliphatic heterocycles. The first-order valence-corrected chi connectivity index (χ1v) is 9.97. The molecule has 4 rings (SSSR count). The molecule has 1 saturated carbocycles. The summed E-state index contributed by atoms with van der Waals surface area (Å²) in [5, 5.41) is 13.7. The first-order chi connectivity index (χ1) is 13.5. The fraction of sp³-hybridized carbons (Fsp3) is 0.550. The van der Waals surface area contributed by atoms with Crippen LogP contribution in [0.3, 0.4) is 0 Å². The van der Waals surface area contributed by atoms with Gasteiger partial charge in [0.25, 0.3) is 0 Å². The van der Waals surface area contributed by atoms with Crippen LogP contribution in [0, 0.1) is 0 Å². The van der Waals surface area contributed by atoms with Crippen LogP contribution >= 0.6 is 0 Å². The van der Waals surface area contributed by atoms with Crippen molar-refractivity contribution in [3.8, 4) is 5.88 Å². The minimum Gasteiger partial charge on any atom is -0.475 e. The Labute approximate surface area is 164 Å². The molecule has 2 aliphatic rings. The van der Waals surface area contributed by atoms with Gasteiger partial charge in [-0.25, -0.2) is 9.78 Å². The van der Waals surface area contributed by atoms with E-state index in [9.17, 15) is 4.79 Å². The van der Waals surface area contributed by atoms with Crippen LogP contribution in [-0.2, 0) is 4.74 Å². The third-order valence-electron chi connectivity index (χ3n) is 5.40. The zero-order chi connectivity index (χ0) is 19.5. The SMILES string of the molecule is C[C@H]1CC[C@H](C)Oc2cc(ccn2)Nc2cc([nH]n2)[C@H]2CC[C@H](C2)OC(=O)N1. The van der Waals surface area contributed by atoms with Crippen molar-refractivity contribution in [1.82, 2.24) is 20.5 Å². The zero-order valence-electron chi connectivity index (χ0n) is 16.3. The van der Waals surface area contributed by atoms with Crippen LogP contribution < -0.4 is 15.4 Å². The molecule has 150 valence electrons. The van der Waals surface area contributed by atoms with Crippen LogP contribution in [0.4, 0.5) is 16.3 Å². The van der Waals surface area contributed by atoms with Gasteiger partial charge in [-0.3, -0.25) is 5.10 Å². The first-order valence-electron chi connectivity index (χ1n) is 9.97. The van der Waals surface area contributed by atoms with Gasteiger partial charge in [0.2, 0.25) is 5.88 Å². The molecule has 3 N–H and O–H groups in total. The van der Waals surface area contributed by atoms with Crippen molar-refractivity contribution in [3.63, 3.8) is 0 Å². The van der Waals surface area contributed by atoms with Gasteiger partial charge in [-0.05, 0) is 52.0 Å². The molecule has 2 aromatic heterocycles. The van der Waals surface area contributed by atoms with Gasteiger partial charge in [-0.1, -0.05) is 0 Å². The molecule has 8 heteroatoms. The maximum absolute atomic E-state index is 12.2. The summed E-state index contributed by atoms with van der Waals surface area (Å²) in [7, 11) is 0. The van der Waals surface area contributed by atoms with Crippen molar-refractivity contribution in [2.75, 3.05) is 5.32 Å². The average molecular weight is 385 g/mol. The summed E-state index contributed by atoms with van der Waals surface area (Å²) in [4.78, 5) is 16.5. The maximum Gasteiger partial charge on any atom is 0.407 e. The molecule has 1 fully saturated rings. The van der Waals surface area contributed by atoms with Crippen molar-refractivity contribution in [1.29, 1.82) is 0 Å². The van der Waals surface area contributed by atoms with Crippen LogP contribution in [0.15, 0.2) is 24.4 Å². The number of amides is 1. The van der Waals surface area contributed by atoms with Crippen molar-refractivity contribution >= 4 is 17.6 Å². The van der Waals surface area contributed by atoms with E-state index in [1.807, 2.05) is 32.0 Å². The molecule has 0 radical (unpaired) electrons. The van der Waals surface area contributed by atoms with Crippen molar-refractivity contribution < 1.29 is 14.3 Å². The summed E-state index contributed by atoms with van der Waals surface area (Å²) in [6.07, 6.45) is 5.56. The van der Waals surface area contributed by atoms with Crippen LogP contribution in [0.5, 0.6) is 5.88 Å². The largest absolute Gasteiger partial charge is 0.475 e. The number of pyridine rings is 1. The number of fused-ring (bicyclic) bond motifs is 7. The Morgan fingerprint density at radius 3 is 2.89 bits per heavy atom. The standard InChI is InChI=1S/C20H27N5O3/c1-12-3-4-13(2)27-19-10-15(7-8-21-19)23-18-11-17(24-25-18)14-5-6-16(9-14)28-20(26)22-12/h7-8,10-14,16H,3-6,9H2,1-2H3,(H,22,26)(H2,23,24,25)/t12-,13-,14-,16+/m0/s1. The number of aromatic nitrogens is 3. The number of anilines is 2. The van der Waals surface area contributed by atoms with Crippen LogP contribution in [0.1, 0.15) is 57.6 Å². The Morgan fingerprint density at radius 1 is 1.11 bits per heavy atom. The number of ether oxygens (including phenoxy) is 2. The topological polar surface area (TPSA) is 101 Å². The maximum atomic E-state index is 12.2. The lowest BCUT2D eigenvalue weighted by Crippen LogP contribution is -2.35. The lowest BCUT2D eigenvalue weighted by atomic mass is 10.0. The number of carbonyl (C=O) groups is 1. The van der Waals surface area contributed by atoms with Gasteiger partial charge in [0.05, 0.1) is 6.10 Å². The Kier molecular flexibility index (Phi) is 5.36. The van der Waals surface area contributed by atoms with Gasteiger partial charge in [0.15, 0.2) is 5.82 Å². The molecule has 28 heavy (non-hydrogen) atoms. The van der Waals surface area contributed by atoms with E-state index < -0.39 is 0 Å². The van der Waals surface area contributed by atoms with E-state index in [1.165, 1.54) is 0 Å². The predicted octanol–water partition coefficient (Wildman–Crippen LogP) is 3.86. The van der Waals surface area contributed by atoms with Gasteiger partial charge >= 0.3 is 6.09 Å². The highest BCUT2D eigenvalue weighted by molar-refractivity contribution is 5.67. The lowest BCUT2D eigenvalue weighted by Gasteiger charge is -2.19. The number of hydrogen-bond acceptors (Lipinski definition) is 6. The predicted molar refractivity (Wildman–Crippen MR) is 105 cm³/mol. The smallest absolute Gasteiger partial charge is 0.407 e. The van der Waals surface area contributed by atoms with Gasteiger partial charge in [-0.2, -0.15) is 5.10 Å². The van der Waals surface area contributed by atoms with E-state index in [2.05, 4.69) is 25.8 Å². The Morgan fingerprint density at radius 2 is 2.00 bits per heavy atom. The molecule has 3 heterocycles. The fourth-order valence-corrected chi connectivity index (χ4v) is 3.85. The van der Waals surface area contributed by atoms with Gasteiger partial charge in [0.1, 0.15) is 6.10 Å². The molecule has 8 nitrogen and oxygen atoms in total. The highest BCUT2D eigenvalue weighted by atomic mass is 16.6. The lowest BCUT2D eigenvalue weighted by molar-refractivity contribution is 0.0964. The van der Waals surface area contributed by atoms with Crippen LogP contribution in [-0.4, -0.2) is 39.5 Å². The molecular weight excluding hydrogens is 358 g/mol. The normalized spacial score (nSPS) is 28.1. The quantitative estimate of drug-likeness (QED) is 0.637. The van der Waals surface area contributed by atoms with E-state index in [1.54, 1.807) is 6.20 Å². The second kappa shape index (κ2) is 8.08. The number of alkyl carbamates (subject to hydrolysis) is 1. The van der Waals surface area contributed by atoms with E-state index in [-0.39, 0.29) is 24.3 Å². The molecular formula is C20H27N5O3. The summed E-state index contributed by atoms with van der Waals surface area (Å²) >= 11 is 0. The van der Waals surface area contributed by atoms with Crippen molar-refractivity contribution in [2.24, 2.45) is 0 Å². The fourth-order valence-electron chi connectivity index (χ4n) is 3.85. The third kappa shape index (κ3) is 4.55. The summed E-state index contributed by atoms with van der Waals surface area (Å²) in [6.45, 7) is 3.99. The molecule has 4 atom stereocenters. The van der Waals surface area contributed by atoms with Crippen LogP contribution in [0.25, 0.3) is 0 Å². The second-order valence-electron chi connectivity index (χ2n) is 7.80. The summed E-state index contributed by atoms with van der Waals surface area (Å²) in [5.74, 6) is 1.62. The number of aromatic amines is 1. The van der Waals surface area contributed by atoms with Crippen LogP contribution in [0.2, 0.25) is 0 Å². The van der Waals surface area contributed by atoms with Crippen molar-refractivity contribution in [3.05, 3.63) is 30.1 Å². The van der Waals surface area contributed by atoms with Gasteiger partial charge in [-0.15, -0.1) is 0 Å². The number of rotatable bonds is 0. The second-order valence-corrected chi connectivity index (χ2v) is 7.80. The van der Waals surface area contributed by atoms with E-state index in [0.29, 0.717) is 11.8 Å². The third-order valence-corrected chi connectivity index (χ3v) is 5.40. The molecule has 0 saturated heterocycles. The highest BCUT2D eigenvalue weighted by Gasteiger charge is 2.30. The molecule has 1 amide bonds. The minimum absolute atomic E-state index is 0.0190. The average Bonchev–Trinajstić information content (AvgIpc) is 3.29. The molecule has 0 spiro atoms. The summed E-state index contributed by atoms with van der Waals surface area (Å²) in [6, 6.07) is 5.80. The Balaban J connectivity index is 1.54. The van der Waals surface area contributed by atoms with Crippen molar-refractivity contribution in [2.45, 2.75) is 70.1 Å². The van der Waals surface area contributed by atoms with E-state index in [4.69, 9.17) is 9.47 Å². The number of nitrogens with zero attached hydrogens (tertiary/aromatic N) is 2. The zero-order valence-corrected chi connectivity index (χ0v) is 16.3. The highest BCUT2D eigenvalue weighted by Crippen LogP contribution is 2.36. The Hall–Kier alpha value is -2.77. The Bertz CT molecular complexity index is 824. The minimum atomic E-state index is -0.339. The van der Waals surface area contributed by atoms with E-state index in [0.717, 1.165) is 49.3 Å². The first kappa shape index (κ1) is 18.6. The molecule has 0 aromatic carbocycles. The summed E-state index contributed by atoms with van der Waals surface area (Å²) < 4.78 is 11.6. The van der Waals surface area contributed by atoms with Gasteiger partial charge < -0.3 is 20.1 Å². The number of hydrogen-bond donors (Lipinski definition) is 3. The molecule has 6 bridgehead atoms. The number of H-pyrrole nitrogens is 1.